The van der Waals surface area contributed by atoms with Crippen molar-refractivity contribution in [2.75, 3.05) is 12.3 Å². The lowest BCUT2D eigenvalue weighted by Crippen LogP contribution is -2.33. The summed E-state index contributed by atoms with van der Waals surface area (Å²) in [6.45, 7) is 3.63. The zero-order valence-corrected chi connectivity index (χ0v) is 11.5. The lowest BCUT2D eigenvalue weighted by molar-refractivity contribution is 0.209. The molecule has 2 heterocycles. The number of rotatable bonds is 2. The number of aromatic nitrogens is 3. The fraction of sp³-hybridized carbons (Fsp3) is 0.333. The second-order valence-corrected chi connectivity index (χ2v) is 5.41. The van der Waals surface area contributed by atoms with E-state index in [0.717, 1.165) is 47.7 Å². The highest BCUT2D eigenvalue weighted by molar-refractivity contribution is 9.10. The van der Waals surface area contributed by atoms with Crippen LogP contribution in [0.4, 0.5) is 5.69 Å². The lowest BCUT2D eigenvalue weighted by Gasteiger charge is -2.27. The number of nitrogen functional groups attached to an aromatic ring is 1. The Morgan fingerprint density at radius 2 is 2.22 bits per heavy atom. The highest BCUT2D eigenvalue weighted by Gasteiger charge is 2.17. The SMILES string of the molecule is Nc1cc(Br)ccc1CN1CCn2cnnc2C1. The monoisotopic (exact) mass is 307 g/mol. The number of halogens is 1. The van der Waals surface area contributed by atoms with Crippen molar-refractivity contribution < 1.29 is 0 Å². The van der Waals surface area contributed by atoms with Crippen molar-refractivity contribution in [2.24, 2.45) is 0 Å². The number of benzene rings is 1. The second-order valence-electron chi connectivity index (χ2n) is 4.49. The van der Waals surface area contributed by atoms with Gasteiger partial charge in [-0.25, -0.2) is 0 Å². The van der Waals surface area contributed by atoms with E-state index in [0.29, 0.717) is 0 Å². The number of nitrogens with two attached hydrogens (primary N) is 1. The number of fused-ring (bicyclic) bond motifs is 1. The third-order valence-corrected chi connectivity index (χ3v) is 3.71. The Kier molecular flexibility index (Phi) is 3.05. The number of hydrogen-bond donors (Lipinski definition) is 1. The molecule has 2 aromatic rings. The lowest BCUT2D eigenvalue weighted by atomic mass is 10.1. The van der Waals surface area contributed by atoms with Gasteiger partial charge in [0.1, 0.15) is 12.2 Å². The number of hydrogen-bond acceptors (Lipinski definition) is 4. The molecule has 0 atom stereocenters. The van der Waals surface area contributed by atoms with Gasteiger partial charge >= 0.3 is 0 Å². The quantitative estimate of drug-likeness (QED) is 0.857. The van der Waals surface area contributed by atoms with Crippen molar-refractivity contribution in [1.29, 1.82) is 0 Å². The van der Waals surface area contributed by atoms with Crippen molar-refractivity contribution in [1.82, 2.24) is 19.7 Å². The summed E-state index contributed by atoms with van der Waals surface area (Å²) in [7, 11) is 0. The van der Waals surface area contributed by atoms with Crippen LogP contribution in [0.25, 0.3) is 0 Å². The summed E-state index contributed by atoms with van der Waals surface area (Å²) in [6.07, 6.45) is 1.79. The first-order chi connectivity index (χ1) is 8.72. The Balaban J connectivity index is 1.74. The van der Waals surface area contributed by atoms with Crippen LogP contribution in [0.3, 0.4) is 0 Å². The minimum absolute atomic E-state index is 0.829. The van der Waals surface area contributed by atoms with Crippen LogP contribution in [0.2, 0.25) is 0 Å². The first-order valence-corrected chi connectivity index (χ1v) is 6.64. The highest BCUT2D eigenvalue weighted by Crippen LogP contribution is 2.21. The zero-order chi connectivity index (χ0) is 12.5. The third kappa shape index (κ3) is 2.26. The summed E-state index contributed by atoms with van der Waals surface area (Å²) in [5.41, 5.74) is 8.01. The van der Waals surface area contributed by atoms with Crippen LogP contribution in [-0.4, -0.2) is 26.2 Å². The van der Waals surface area contributed by atoms with E-state index in [-0.39, 0.29) is 0 Å². The molecule has 1 aromatic carbocycles. The summed E-state index contributed by atoms with van der Waals surface area (Å²) < 4.78 is 3.11. The van der Waals surface area contributed by atoms with E-state index in [4.69, 9.17) is 5.73 Å². The van der Waals surface area contributed by atoms with Crippen molar-refractivity contribution in [3.63, 3.8) is 0 Å². The van der Waals surface area contributed by atoms with E-state index in [9.17, 15) is 0 Å². The van der Waals surface area contributed by atoms with Crippen molar-refractivity contribution in [3.05, 3.63) is 40.4 Å². The fourth-order valence-corrected chi connectivity index (χ4v) is 2.58. The summed E-state index contributed by atoms with van der Waals surface area (Å²) in [5.74, 6) is 1.02. The normalized spacial score (nSPS) is 15.6. The standard InChI is InChI=1S/C12H14BrN5/c13-10-2-1-9(11(14)5-10)6-17-3-4-18-8-15-16-12(18)7-17/h1-2,5,8H,3-4,6-7,14H2. The molecule has 0 saturated carbocycles. The molecule has 0 aliphatic carbocycles. The van der Waals surface area contributed by atoms with E-state index in [2.05, 4.69) is 41.7 Å². The van der Waals surface area contributed by atoms with Gasteiger partial charge in [-0.1, -0.05) is 22.0 Å². The van der Waals surface area contributed by atoms with E-state index in [1.165, 1.54) is 0 Å². The molecular weight excluding hydrogens is 294 g/mol. The summed E-state index contributed by atoms with van der Waals surface area (Å²) in [6, 6.07) is 6.04. The van der Waals surface area contributed by atoms with Crippen LogP contribution >= 0.6 is 15.9 Å². The van der Waals surface area contributed by atoms with Crippen LogP contribution in [0, 0.1) is 0 Å². The third-order valence-electron chi connectivity index (χ3n) is 3.22. The van der Waals surface area contributed by atoms with Crippen molar-refractivity contribution in [2.45, 2.75) is 19.6 Å². The van der Waals surface area contributed by atoms with E-state index in [1.807, 2.05) is 12.1 Å². The number of nitrogens with zero attached hydrogens (tertiary/aromatic N) is 4. The largest absolute Gasteiger partial charge is 0.398 e. The molecule has 5 nitrogen and oxygen atoms in total. The van der Waals surface area contributed by atoms with Gasteiger partial charge in [0.2, 0.25) is 0 Å². The molecule has 0 bridgehead atoms. The molecule has 94 valence electrons. The Bertz CT molecular complexity index is 565. The average molecular weight is 308 g/mol. The molecule has 0 fully saturated rings. The van der Waals surface area contributed by atoms with Gasteiger partial charge in [0.15, 0.2) is 0 Å². The summed E-state index contributed by atoms with van der Waals surface area (Å²) >= 11 is 3.42. The van der Waals surface area contributed by atoms with Gasteiger partial charge in [-0.05, 0) is 17.7 Å². The maximum atomic E-state index is 6.02. The maximum absolute atomic E-state index is 6.02. The fourth-order valence-electron chi connectivity index (χ4n) is 2.20. The molecular formula is C12H14BrN5. The molecule has 0 amide bonds. The van der Waals surface area contributed by atoms with Crippen LogP contribution in [-0.2, 0) is 19.6 Å². The van der Waals surface area contributed by atoms with Crippen LogP contribution in [0.15, 0.2) is 29.0 Å². The van der Waals surface area contributed by atoms with Crippen LogP contribution < -0.4 is 5.73 Å². The Morgan fingerprint density at radius 3 is 3.06 bits per heavy atom. The number of anilines is 1. The molecule has 0 spiro atoms. The topological polar surface area (TPSA) is 60.0 Å². The van der Waals surface area contributed by atoms with E-state index < -0.39 is 0 Å². The molecule has 3 rings (SSSR count). The van der Waals surface area contributed by atoms with Crippen LogP contribution in [0.1, 0.15) is 11.4 Å². The molecule has 6 heteroatoms. The first-order valence-electron chi connectivity index (χ1n) is 5.85. The van der Waals surface area contributed by atoms with Crippen molar-refractivity contribution >= 4 is 21.6 Å². The van der Waals surface area contributed by atoms with Gasteiger partial charge in [-0.2, -0.15) is 0 Å². The van der Waals surface area contributed by atoms with Crippen LogP contribution in [0.5, 0.6) is 0 Å². The molecule has 0 radical (unpaired) electrons. The minimum Gasteiger partial charge on any atom is -0.398 e. The highest BCUT2D eigenvalue weighted by atomic mass is 79.9. The molecule has 0 unspecified atom stereocenters. The molecule has 2 N–H and O–H groups in total. The van der Waals surface area contributed by atoms with Gasteiger partial charge in [0, 0.05) is 29.8 Å². The van der Waals surface area contributed by atoms with Gasteiger partial charge in [-0.3, -0.25) is 4.90 Å². The first kappa shape index (κ1) is 11.7. The van der Waals surface area contributed by atoms with E-state index >= 15 is 0 Å². The summed E-state index contributed by atoms with van der Waals surface area (Å²) in [4.78, 5) is 2.34. The minimum atomic E-state index is 0.829. The maximum Gasteiger partial charge on any atom is 0.147 e. The van der Waals surface area contributed by atoms with Gasteiger partial charge in [-0.15, -0.1) is 10.2 Å². The van der Waals surface area contributed by atoms with Crippen molar-refractivity contribution in [3.8, 4) is 0 Å². The predicted molar refractivity (Wildman–Crippen MR) is 72.7 cm³/mol. The molecule has 18 heavy (non-hydrogen) atoms. The molecule has 1 aliphatic rings. The Hall–Kier alpha value is -1.40. The molecule has 0 saturated heterocycles. The Morgan fingerprint density at radius 1 is 1.33 bits per heavy atom. The van der Waals surface area contributed by atoms with Gasteiger partial charge in [0.25, 0.3) is 0 Å². The van der Waals surface area contributed by atoms with Gasteiger partial charge < -0.3 is 10.3 Å². The Labute approximate surface area is 114 Å². The zero-order valence-electron chi connectivity index (χ0n) is 9.88. The van der Waals surface area contributed by atoms with E-state index in [1.54, 1.807) is 6.33 Å². The predicted octanol–water partition coefficient (Wildman–Crippen LogP) is 1.64. The molecule has 1 aliphatic heterocycles. The average Bonchev–Trinajstić information content (AvgIpc) is 2.80. The smallest absolute Gasteiger partial charge is 0.147 e. The second kappa shape index (κ2) is 4.70. The van der Waals surface area contributed by atoms with Gasteiger partial charge in [0.05, 0.1) is 6.54 Å². The molecule has 1 aromatic heterocycles. The summed E-state index contributed by atoms with van der Waals surface area (Å²) in [5, 5.41) is 8.05.